The highest BCUT2D eigenvalue weighted by molar-refractivity contribution is 7.96. The van der Waals surface area contributed by atoms with Gasteiger partial charge in [0.1, 0.15) is 0 Å². The number of hydrogen-bond donors (Lipinski definition) is 0. The molecule has 1 unspecified atom stereocenters. The van der Waals surface area contributed by atoms with Crippen molar-refractivity contribution >= 4 is 37.7 Å². The van der Waals surface area contributed by atoms with Gasteiger partial charge >= 0.3 is 11.9 Å². The van der Waals surface area contributed by atoms with Crippen LogP contribution in [0.4, 0.5) is 0 Å². The van der Waals surface area contributed by atoms with Gasteiger partial charge < -0.3 is 9.47 Å². The molecule has 4 aromatic carbocycles. The molecule has 8 nitrogen and oxygen atoms in total. The monoisotopic (exact) mass is 744 g/mol. The van der Waals surface area contributed by atoms with Gasteiger partial charge in [-0.1, -0.05) is 137 Å². The Balaban J connectivity index is 1.54. The Hall–Kier alpha value is -4.54. The highest BCUT2D eigenvalue weighted by atomic mass is 32.2. The van der Waals surface area contributed by atoms with E-state index in [1.54, 1.807) is 60.7 Å². The summed E-state index contributed by atoms with van der Waals surface area (Å²) in [5.74, 6) is -1.66. The van der Waals surface area contributed by atoms with Crippen molar-refractivity contribution in [3.63, 3.8) is 0 Å². The molecule has 52 heavy (non-hydrogen) atoms. The van der Waals surface area contributed by atoms with E-state index < -0.39 is 41.8 Å². The van der Waals surface area contributed by atoms with Crippen LogP contribution in [0.3, 0.4) is 0 Å². The van der Waals surface area contributed by atoms with Crippen LogP contribution in [-0.4, -0.2) is 47.2 Å². The summed E-state index contributed by atoms with van der Waals surface area (Å²) in [6.07, 6.45) is 8.47. The van der Waals surface area contributed by atoms with Gasteiger partial charge in [0, 0.05) is 6.42 Å². The minimum Gasteiger partial charge on any atom is -0.465 e. The normalized spacial score (nSPS) is 12.6. The third-order valence-electron chi connectivity index (χ3n) is 8.64. The Bertz CT molecular complexity index is 1970. The molecule has 4 rings (SSSR count). The summed E-state index contributed by atoms with van der Waals surface area (Å²) in [7, 11) is -8.18. The van der Waals surface area contributed by atoms with Gasteiger partial charge in [0.05, 0.1) is 23.0 Å². The van der Waals surface area contributed by atoms with Crippen LogP contribution in [0.5, 0.6) is 0 Å². The van der Waals surface area contributed by atoms with Crippen LogP contribution >= 0.6 is 0 Å². The van der Waals surface area contributed by atoms with Gasteiger partial charge in [-0.3, -0.25) is 4.79 Å². The van der Waals surface area contributed by atoms with Gasteiger partial charge in [-0.15, -0.1) is 0 Å². The van der Waals surface area contributed by atoms with Crippen LogP contribution in [-0.2, 0) is 45.2 Å². The van der Waals surface area contributed by atoms with Gasteiger partial charge in [-0.25, -0.2) is 21.6 Å². The number of rotatable bonds is 20. The zero-order valence-electron chi connectivity index (χ0n) is 29.9. The molecular formula is C42H48O8S2. The molecule has 0 heterocycles. The fourth-order valence-corrected chi connectivity index (χ4v) is 8.53. The fourth-order valence-electron chi connectivity index (χ4n) is 5.60. The van der Waals surface area contributed by atoms with Crippen LogP contribution in [0, 0.1) is 0 Å². The Morgan fingerprint density at radius 3 is 1.63 bits per heavy atom. The molecule has 0 aliphatic carbocycles. The number of carbonyl (C=O) groups is 2. The van der Waals surface area contributed by atoms with E-state index in [1.807, 2.05) is 24.3 Å². The smallest absolute Gasteiger partial charge is 0.350 e. The van der Waals surface area contributed by atoms with Crippen molar-refractivity contribution in [2.75, 3.05) is 13.2 Å². The molecule has 0 spiro atoms. The molecule has 0 radical (unpaired) electrons. The average molecular weight is 745 g/mol. The summed E-state index contributed by atoms with van der Waals surface area (Å²) in [6, 6.07) is 30.0. The van der Waals surface area contributed by atoms with E-state index in [1.165, 1.54) is 30.3 Å². The lowest BCUT2D eigenvalue weighted by molar-refractivity contribution is -0.143. The van der Waals surface area contributed by atoms with Crippen LogP contribution in [0.15, 0.2) is 124 Å². The SMILES string of the molecule is CCCCCCOC(=O)/C(=C\c1ccc(-c2ccc(CC(C(=O)OCCCCCC)S(=O)(=O)c3ccccc3)cc2)cc1)S(=O)(=O)c1ccccc1. The molecular weight excluding hydrogens is 697 g/mol. The standard InChI is InChI=1S/C42H48O8S2/c1-3-5-7-15-29-49-41(43)39(51(45,46)37-17-11-9-12-18-37)31-33-21-25-35(26-22-33)36-27-23-34(24-28-36)32-40(42(44)50-30-16-8-6-4-2)52(47,48)38-19-13-10-14-20-38/h9-14,17-28,31,40H,3-8,15-16,29-30,32H2,1-2H3/b39-31+. The van der Waals surface area contributed by atoms with E-state index in [0.29, 0.717) is 24.0 Å². The van der Waals surface area contributed by atoms with Crippen LogP contribution in [0.25, 0.3) is 17.2 Å². The fraction of sp³-hybridized carbons (Fsp3) is 0.333. The van der Waals surface area contributed by atoms with Crippen molar-refractivity contribution in [2.24, 2.45) is 0 Å². The Labute approximate surface area is 308 Å². The Kier molecular flexibility index (Phi) is 15.4. The van der Waals surface area contributed by atoms with Gasteiger partial charge in [0.15, 0.2) is 20.0 Å². The minimum atomic E-state index is -4.16. The zero-order chi connectivity index (χ0) is 37.4. The largest absolute Gasteiger partial charge is 0.465 e. The summed E-state index contributed by atoms with van der Waals surface area (Å²) in [6.45, 7) is 4.47. The first-order chi connectivity index (χ1) is 25.1. The molecule has 4 aromatic rings. The van der Waals surface area contributed by atoms with Gasteiger partial charge in [-0.2, -0.15) is 0 Å². The van der Waals surface area contributed by atoms with E-state index in [2.05, 4.69) is 13.8 Å². The lowest BCUT2D eigenvalue weighted by Crippen LogP contribution is -2.34. The predicted molar refractivity (Wildman–Crippen MR) is 205 cm³/mol. The Morgan fingerprint density at radius 2 is 1.10 bits per heavy atom. The van der Waals surface area contributed by atoms with Crippen molar-refractivity contribution in [3.8, 4) is 11.1 Å². The molecule has 0 aliphatic rings. The van der Waals surface area contributed by atoms with E-state index >= 15 is 0 Å². The second-order valence-corrected chi connectivity index (χ2v) is 16.7. The third-order valence-corrected chi connectivity index (χ3v) is 12.4. The summed E-state index contributed by atoms with van der Waals surface area (Å²) in [5, 5.41) is -1.40. The molecule has 276 valence electrons. The highest BCUT2D eigenvalue weighted by Crippen LogP contribution is 2.27. The first-order valence-corrected chi connectivity index (χ1v) is 20.9. The first-order valence-electron chi connectivity index (χ1n) is 17.9. The molecule has 0 saturated heterocycles. The summed E-state index contributed by atoms with van der Waals surface area (Å²) in [5.41, 5.74) is 2.79. The minimum absolute atomic E-state index is 0.0000586. The van der Waals surface area contributed by atoms with Crippen molar-refractivity contribution in [1.29, 1.82) is 0 Å². The molecule has 10 heteroatoms. The molecule has 0 saturated carbocycles. The summed E-state index contributed by atoms with van der Waals surface area (Å²) >= 11 is 0. The maximum Gasteiger partial charge on any atom is 0.350 e. The summed E-state index contributed by atoms with van der Waals surface area (Å²) in [4.78, 5) is 26.0. The van der Waals surface area contributed by atoms with Gasteiger partial charge in [0.2, 0.25) is 9.84 Å². The Morgan fingerprint density at radius 1 is 0.596 bits per heavy atom. The van der Waals surface area contributed by atoms with Crippen molar-refractivity contribution in [1.82, 2.24) is 0 Å². The van der Waals surface area contributed by atoms with E-state index in [-0.39, 0.29) is 29.4 Å². The van der Waals surface area contributed by atoms with Crippen molar-refractivity contribution in [3.05, 3.63) is 125 Å². The second-order valence-electron chi connectivity index (χ2n) is 12.6. The van der Waals surface area contributed by atoms with E-state index in [9.17, 15) is 26.4 Å². The molecule has 0 amide bonds. The average Bonchev–Trinajstić information content (AvgIpc) is 3.16. The predicted octanol–water partition coefficient (Wildman–Crippen LogP) is 8.80. The molecule has 0 bridgehead atoms. The molecule has 0 N–H and O–H groups in total. The number of benzene rings is 4. The topological polar surface area (TPSA) is 121 Å². The van der Waals surface area contributed by atoms with Crippen LogP contribution in [0.2, 0.25) is 0 Å². The van der Waals surface area contributed by atoms with Crippen LogP contribution in [0.1, 0.15) is 76.3 Å². The van der Waals surface area contributed by atoms with Crippen molar-refractivity contribution < 1.29 is 35.9 Å². The molecule has 0 aromatic heterocycles. The molecule has 0 aliphatic heterocycles. The zero-order valence-corrected chi connectivity index (χ0v) is 31.5. The second kappa shape index (κ2) is 19.9. The van der Waals surface area contributed by atoms with Crippen molar-refractivity contribution in [2.45, 2.75) is 86.7 Å². The number of esters is 2. The number of ether oxygens (including phenoxy) is 2. The van der Waals surface area contributed by atoms with Gasteiger partial charge in [0.25, 0.3) is 0 Å². The number of unbranched alkanes of at least 4 members (excludes halogenated alkanes) is 6. The maximum atomic E-state index is 13.6. The lowest BCUT2D eigenvalue weighted by Gasteiger charge is -2.17. The van der Waals surface area contributed by atoms with Gasteiger partial charge in [-0.05, 0) is 65.4 Å². The quantitative estimate of drug-likeness (QED) is 0.0500. The highest BCUT2D eigenvalue weighted by Gasteiger charge is 2.35. The molecule has 1 atom stereocenters. The lowest BCUT2D eigenvalue weighted by atomic mass is 10.0. The number of hydrogen-bond acceptors (Lipinski definition) is 8. The number of sulfone groups is 2. The molecule has 0 fully saturated rings. The maximum absolute atomic E-state index is 13.6. The van der Waals surface area contributed by atoms with Crippen LogP contribution < -0.4 is 0 Å². The van der Waals surface area contributed by atoms with E-state index in [4.69, 9.17) is 9.47 Å². The van der Waals surface area contributed by atoms with E-state index in [0.717, 1.165) is 49.7 Å². The summed E-state index contributed by atoms with van der Waals surface area (Å²) < 4.78 is 65.2. The first kappa shape index (κ1) is 40.2. The number of carbonyl (C=O) groups excluding carboxylic acids is 2. The third kappa shape index (κ3) is 11.2.